The van der Waals surface area contributed by atoms with E-state index in [4.69, 9.17) is 9.47 Å². The van der Waals surface area contributed by atoms with Crippen LogP contribution in [-0.2, 0) is 24.3 Å². The standard InChI is InChI=1S/C18H27N3O5S/c1-14(19-13-16-5-3-9-26-16)18(22)20-15-4-2-6-17(12-15)27(23,24)21-7-10-25-11-8-21/h2,4,6,12,14,16,19H,3,5,7-11,13H2,1H3,(H,20,22)/p+1/t14-,16-/m1/s1. The second-order valence-electron chi connectivity index (χ2n) is 6.93. The Labute approximate surface area is 160 Å². The van der Waals surface area contributed by atoms with E-state index in [2.05, 4.69) is 5.32 Å². The Morgan fingerprint density at radius 2 is 2.11 bits per heavy atom. The number of sulfonamides is 1. The van der Waals surface area contributed by atoms with Gasteiger partial charge in [-0.15, -0.1) is 0 Å². The van der Waals surface area contributed by atoms with E-state index in [9.17, 15) is 13.2 Å². The van der Waals surface area contributed by atoms with Crippen LogP contribution in [0.4, 0.5) is 5.69 Å². The van der Waals surface area contributed by atoms with Crippen molar-refractivity contribution in [3.63, 3.8) is 0 Å². The molecule has 2 aliphatic rings. The quantitative estimate of drug-likeness (QED) is 0.661. The zero-order valence-electron chi connectivity index (χ0n) is 15.6. The summed E-state index contributed by atoms with van der Waals surface area (Å²) in [7, 11) is -3.58. The molecule has 2 atom stereocenters. The van der Waals surface area contributed by atoms with Crippen LogP contribution in [0.3, 0.4) is 0 Å². The van der Waals surface area contributed by atoms with Gasteiger partial charge in [0.25, 0.3) is 5.91 Å². The normalized spacial score (nSPS) is 22.5. The zero-order valence-corrected chi connectivity index (χ0v) is 16.4. The van der Waals surface area contributed by atoms with E-state index in [0.29, 0.717) is 32.0 Å². The first-order chi connectivity index (χ1) is 13.0. The maximum absolute atomic E-state index is 12.7. The SMILES string of the molecule is C[C@@H]([NH2+]C[C@H]1CCCO1)C(=O)Nc1cccc(S(=O)(=O)N2CCOCC2)c1. The van der Waals surface area contributed by atoms with E-state index in [-0.39, 0.29) is 22.9 Å². The number of amides is 1. The number of hydrogen-bond donors (Lipinski definition) is 2. The van der Waals surface area contributed by atoms with Crippen molar-refractivity contribution < 1.29 is 28.0 Å². The number of quaternary nitrogens is 1. The highest BCUT2D eigenvalue weighted by Crippen LogP contribution is 2.20. The van der Waals surface area contributed by atoms with Gasteiger partial charge in [0.15, 0.2) is 6.04 Å². The molecule has 3 N–H and O–H groups in total. The number of benzene rings is 1. The van der Waals surface area contributed by atoms with E-state index < -0.39 is 10.0 Å². The minimum absolute atomic E-state index is 0.158. The Bertz CT molecular complexity index is 743. The van der Waals surface area contributed by atoms with Crippen LogP contribution in [0.1, 0.15) is 19.8 Å². The lowest BCUT2D eigenvalue weighted by molar-refractivity contribution is -0.678. The fourth-order valence-corrected chi connectivity index (χ4v) is 4.67. The first kappa shape index (κ1) is 20.2. The number of carbonyl (C=O) groups excluding carboxylic acids is 1. The Kier molecular flexibility index (Phi) is 6.83. The largest absolute Gasteiger partial charge is 0.379 e. The van der Waals surface area contributed by atoms with Crippen LogP contribution < -0.4 is 10.6 Å². The summed E-state index contributed by atoms with van der Waals surface area (Å²) in [4.78, 5) is 12.6. The van der Waals surface area contributed by atoms with Crippen LogP contribution in [0, 0.1) is 0 Å². The third kappa shape index (κ3) is 5.26. The second kappa shape index (κ2) is 9.11. The highest BCUT2D eigenvalue weighted by Gasteiger charge is 2.27. The number of ether oxygens (including phenoxy) is 2. The zero-order chi connectivity index (χ0) is 19.3. The molecule has 2 fully saturated rings. The van der Waals surface area contributed by atoms with Crippen LogP contribution in [-0.4, -0.2) is 70.2 Å². The number of nitrogens with one attached hydrogen (secondary N) is 1. The Hall–Kier alpha value is -1.52. The molecule has 3 rings (SSSR count). The van der Waals surface area contributed by atoms with Gasteiger partial charge in [-0.2, -0.15) is 4.31 Å². The van der Waals surface area contributed by atoms with E-state index in [1.165, 1.54) is 10.4 Å². The number of carbonyl (C=O) groups is 1. The molecule has 0 radical (unpaired) electrons. The highest BCUT2D eigenvalue weighted by atomic mass is 32.2. The second-order valence-corrected chi connectivity index (χ2v) is 8.87. The van der Waals surface area contributed by atoms with Crippen molar-refractivity contribution in [3.05, 3.63) is 24.3 Å². The number of morpholine rings is 1. The van der Waals surface area contributed by atoms with Gasteiger partial charge in [0.05, 0.1) is 18.1 Å². The maximum Gasteiger partial charge on any atom is 0.282 e. The number of hydrogen-bond acceptors (Lipinski definition) is 5. The van der Waals surface area contributed by atoms with Gasteiger partial charge >= 0.3 is 0 Å². The minimum Gasteiger partial charge on any atom is -0.379 e. The summed E-state index contributed by atoms with van der Waals surface area (Å²) in [6.45, 7) is 4.85. The van der Waals surface area contributed by atoms with Crippen LogP contribution in [0.5, 0.6) is 0 Å². The molecule has 27 heavy (non-hydrogen) atoms. The topological polar surface area (TPSA) is 102 Å². The van der Waals surface area contributed by atoms with Gasteiger partial charge in [0.2, 0.25) is 10.0 Å². The third-order valence-corrected chi connectivity index (χ3v) is 6.79. The van der Waals surface area contributed by atoms with Gasteiger partial charge in [-0.25, -0.2) is 8.42 Å². The molecule has 0 bridgehead atoms. The minimum atomic E-state index is -3.58. The molecule has 0 unspecified atom stereocenters. The molecule has 0 aliphatic carbocycles. The van der Waals surface area contributed by atoms with Gasteiger partial charge in [-0.1, -0.05) is 6.07 Å². The summed E-state index contributed by atoms with van der Waals surface area (Å²) in [6.07, 6.45) is 2.32. The first-order valence-electron chi connectivity index (χ1n) is 9.40. The van der Waals surface area contributed by atoms with Gasteiger partial charge in [0.1, 0.15) is 12.6 Å². The summed E-state index contributed by atoms with van der Waals surface area (Å²) in [5, 5.41) is 4.77. The summed E-state index contributed by atoms with van der Waals surface area (Å²) in [5.41, 5.74) is 0.478. The number of rotatable bonds is 7. The fourth-order valence-electron chi connectivity index (χ4n) is 3.22. The summed E-state index contributed by atoms with van der Waals surface area (Å²) in [6, 6.07) is 6.11. The summed E-state index contributed by atoms with van der Waals surface area (Å²) < 4.78 is 37.7. The Balaban J connectivity index is 1.60. The Morgan fingerprint density at radius 3 is 2.81 bits per heavy atom. The highest BCUT2D eigenvalue weighted by molar-refractivity contribution is 7.89. The maximum atomic E-state index is 12.7. The van der Waals surface area contributed by atoms with Gasteiger partial charge < -0.3 is 20.1 Å². The molecule has 150 valence electrons. The average molecular weight is 399 g/mol. The molecule has 2 saturated heterocycles. The molecule has 1 amide bonds. The van der Waals surface area contributed by atoms with E-state index in [1.54, 1.807) is 18.2 Å². The average Bonchev–Trinajstić information content (AvgIpc) is 3.20. The van der Waals surface area contributed by atoms with Gasteiger partial charge in [0, 0.05) is 25.4 Å². The lowest BCUT2D eigenvalue weighted by Crippen LogP contribution is -2.93. The van der Waals surface area contributed by atoms with Crippen molar-refractivity contribution >= 4 is 21.6 Å². The van der Waals surface area contributed by atoms with Crippen molar-refractivity contribution in [3.8, 4) is 0 Å². The van der Waals surface area contributed by atoms with Crippen LogP contribution in [0.25, 0.3) is 0 Å². The fraction of sp³-hybridized carbons (Fsp3) is 0.611. The molecule has 1 aromatic carbocycles. The molecule has 0 spiro atoms. The molecule has 2 heterocycles. The lowest BCUT2D eigenvalue weighted by atomic mass is 10.2. The number of nitrogens with zero attached hydrogens (tertiary/aromatic N) is 1. The first-order valence-corrected chi connectivity index (χ1v) is 10.8. The van der Waals surface area contributed by atoms with Crippen molar-refractivity contribution in [2.75, 3.05) is 44.8 Å². The number of nitrogens with two attached hydrogens (primary N) is 1. The molecule has 9 heteroatoms. The van der Waals surface area contributed by atoms with Crippen molar-refractivity contribution in [1.82, 2.24) is 4.31 Å². The molecule has 2 aliphatic heterocycles. The summed E-state index contributed by atoms with van der Waals surface area (Å²) >= 11 is 0. The van der Waals surface area contributed by atoms with Gasteiger partial charge in [-0.3, -0.25) is 4.79 Å². The molecule has 0 saturated carbocycles. The predicted molar refractivity (Wildman–Crippen MR) is 99.9 cm³/mol. The molecule has 1 aromatic rings. The lowest BCUT2D eigenvalue weighted by Gasteiger charge is -2.26. The van der Waals surface area contributed by atoms with Crippen LogP contribution in [0.2, 0.25) is 0 Å². The monoisotopic (exact) mass is 398 g/mol. The third-order valence-electron chi connectivity index (χ3n) is 4.90. The van der Waals surface area contributed by atoms with E-state index >= 15 is 0 Å². The Morgan fingerprint density at radius 1 is 1.33 bits per heavy atom. The van der Waals surface area contributed by atoms with Crippen molar-refractivity contribution in [1.29, 1.82) is 0 Å². The molecular formula is C18H28N3O5S+. The van der Waals surface area contributed by atoms with E-state index in [1.807, 2.05) is 12.2 Å². The van der Waals surface area contributed by atoms with Crippen LogP contribution >= 0.6 is 0 Å². The molecule has 0 aromatic heterocycles. The smallest absolute Gasteiger partial charge is 0.282 e. The number of anilines is 1. The predicted octanol–water partition coefficient (Wildman–Crippen LogP) is -0.223. The molecular weight excluding hydrogens is 370 g/mol. The van der Waals surface area contributed by atoms with Gasteiger partial charge in [-0.05, 0) is 38.0 Å². The molecule has 8 nitrogen and oxygen atoms in total. The summed E-state index contributed by atoms with van der Waals surface area (Å²) in [5.74, 6) is -0.158. The van der Waals surface area contributed by atoms with Crippen molar-refractivity contribution in [2.24, 2.45) is 0 Å². The van der Waals surface area contributed by atoms with Crippen LogP contribution in [0.15, 0.2) is 29.2 Å². The van der Waals surface area contributed by atoms with E-state index in [0.717, 1.165) is 26.0 Å². The van der Waals surface area contributed by atoms with Crippen molar-refractivity contribution in [2.45, 2.75) is 36.8 Å².